The third kappa shape index (κ3) is 3.94. The molecule has 0 aliphatic rings. The van der Waals surface area contributed by atoms with Crippen LogP contribution in [0, 0.1) is 6.92 Å². The molecule has 0 radical (unpaired) electrons. The molecular formula is C18H15BrN2O2S. The van der Waals surface area contributed by atoms with Gasteiger partial charge in [0, 0.05) is 15.6 Å². The van der Waals surface area contributed by atoms with Crippen molar-refractivity contribution in [2.75, 3.05) is 0 Å². The van der Waals surface area contributed by atoms with E-state index in [-0.39, 0.29) is 11.0 Å². The van der Waals surface area contributed by atoms with Crippen LogP contribution in [0.25, 0.3) is 11.5 Å². The molecule has 0 amide bonds. The summed E-state index contributed by atoms with van der Waals surface area (Å²) in [5, 5.41) is 8.17. The van der Waals surface area contributed by atoms with Gasteiger partial charge >= 0.3 is 0 Å². The second kappa shape index (κ2) is 7.32. The molecule has 0 saturated carbocycles. The third-order valence-electron chi connectivity index (χ3n) is 3.48. The lowest BCUT2D eigenvalue weighted by atomic mass is 10.1. The first-order valence-electron chi connectivity index (χ1n) is 7.40. The van der Waals surface area contributed by atoms with E-state index in [1.54, 1.807) is 12.1 Å². The van der Waals surface area contributed by atoms with Gasteiger partial charge in [0.1, 0.15) is 0 Å². The van der Waals surface area contributed by atoms with Gasteiger partial charge in [-0.05, 0) is 38.1 Å². The Kier molecular flexibility index (Phi) is 5.16. The predicted molar refractivity (Wildman–Crippen MR) is 98.3 cm³/mol. The maximum Gasteiger partial charge on any atom is 0.277 e. The normalized spacial score (nSPS) is 12.1. The molecule has 0 bridgehead atoms. The van der Waals surface area contributed by atoms with E-state index < -0.39 is 0 Å². The number of ketones is 1. The van der Waals surface area contributed by atoms with Crippen molar-refractivity contribution in [3.05, 3.63) is 64.1 Å². The predicted octanol–water partition coefficient (Wildman–Crippen LogP) is 5.17. The molecule has 3 aromatic rings. The molecule has 0 fully saturated rings. The standard InChI is InChI=1S/C18H15BrN2O2S/c1-11-3-5-14(6-4-11)17-20-21-18(23-17)24-12(2)16(22)13-7-9-15(19)10-8-13/h3-10,12H,1-2H3/t12-/m1/s1. The van der Waals surface area contributed by atoms with Gasteiger partial charge in [0.2, 0.25) is 5.89 Å². The molecule has 0 N–H and O–H groups in total. The summed E-state index contributed by atoms with van der Waals surface area (Å²) in [5.41, 5.74) is 2.70. The van der Waals surface area contributed by atoms with Crippen molar-refractivity contribution in [2.45, 2.75) is 24.3 Å². The quantitative estimate of drug-likeness (QED) is 0.435. The van der Waals surface area contributed by atoms with E-state index in [2.05, 4.69) is 26.1 Å². The van der Waals surface area contributed by atoms with Crippen LogP contribution in [0.15, 0.2) is 62.6 Å². The molecule has 1 aromatic heterocycles. The summed E-state index contributed by atoms with van der Waals surface area (Å²) in [4.78, 5) is 12.4. The second-order valence-corrected chi connectivity index (χ2v) is 7.58. The molecule has 24 heavy (non-hydrogen) atoms. The number of hydrogen-bond acceptors (Lipinski definition) is 5. The molecule has 1 heterocycles. The maximum atomic E-state index is 12.4. The lowest BCUT2D eigenvalue weighted by Gasteiger charge is -2.07. The van der Waals surface area contributed by atoms with Gasteiger partial charge in [0.15, 0.2) is 5.78 Å². The Hall–Kier alpha value is -1.92. The number of Topliss-reactive ketones (excluding diaryl/α,β-unsaturated/α-hetero) is 1. The van der Waals surface area contributed by atoms with E-state index in [0.29, 0.717) is 16.7 Å². The van der Waals surface area contributed by atoms with Gasteiger partial charge in [0.05, 0.1) is 5.25 Å². The molecule has 0 aliphatic heterocycles. The minimum atomic E-state index is -0.308. The molecule has 0 aliphatic carbocycles. The summed E-state index contributed by atoms with van der Waals surface area (Å²) in [6.45, 7) is 3.86. The number of aryl methyl sites for hydroxylation is 1. The van der Waals surface area contributed by atoms with Crippen LogP contribution in [0.4, 0.5) is 0 Å². The van der Waals surface area contributed by atoms with E-state index in [0.717, 1.165) is 10.0 Å². The highest BCUT2D eigenvalue weighted by atomic mass is 79.9. The highest BCUT2D eigenvalue weighted by Crippen LogP contribution is 2.28. The van der Waals surface area contributed by atoms with Crippen molar-refractivity contribution in [2.24, 2.45) is 0 Å². The number of hydrogen-bond donors (Lipinski definition) is 0. The molecule has 122 valence electrons. The van der Waals surface area contributed by atoms with Crippen LogP contribution in [-0.4, -0.2) is 21.2 Å². The summed E-state index contributed by atoms with van der Waals surface area (Å²) in [7, 11) is 0. The number of benzene rings is 2. The van der Waals surface area contributed by atoms with Crippen LogP contribution in [0.3, 0.4) is 0 Å². The summed E-state index contributed by atoms with van der Waals surface area (Å²) in [6, 6.07) is 15.2. The molecule has 4 nitrogen and oxygen atoms in total. The van der Waals surface area contributed by atoms with Gasteiger partial charge in [-0.1, -0.05) is 57.5 Å². The average Bonchev–Trinajstić information content (AvgIpc) is 3.04. The second-order valence-electron chi connectivity index (χ2n) is 5.37. The van der Waals surface area contributed by atoms with Crippen LogP contribution in [0.2, 0.25) is 0 Å². The Bertz CT molecular complexity index is 844. The smallest absolute Gasteiger partial charge is 0.277 e. The van der Waals surface area contributed by atoms with Gasteiger partial charge in [-0.15, -0.1) is 10.2 Å². The zero-order chi connectivity index (χ0) is 17.1. The van der Waals surface area contributed by atoms with Crippen LogP contribution in [0.1, 0.15) is 22.8 Å². The zero-order valence-corrected chi connectivity index (χ0v) is 15.6. The Morgan fingerprint density at radius 2 is 1.75 bits per heavy atom. The number of aromatic nitrogens is 2. The van der Waals surface area contributed by atoms with Crippen molar-refractivity contribution < 1.29 is 9.21 Å². The molecule has 3 rings (SSSR count). The highest BCUT2D eigenvalue weighted by Gasteiger charge is 2.20. The Labute approximate surface area is 152 Å². The molecule has 0 unspecified atom stereocenters. The Morgan fingerprint density at radius 1 is 1.08 bits per heavy atom. The van der Waals surface area contributed by atoms with Gasteiger partial charge in [-0.3, -0.25) is 4.79 Å². The van der Waals surface area contributed by atoms with Gasteiger partial charge < -0.3 is 4.42 Å². The lowest BCUT2D eigenvalue weighted by molar-refractivity contribution is 0.0993. The minimum Gasteiger partial charge on any atom is -0.411 e. The van der Waals surface area contributed by atoms with E-state index in [4.69, 9.17) is 4.42 Å². The Balaban J connectivity index is 1.70. The lowest BCUT2D eigenvalue weighted by Crippen LogP contribution is -2.13. The number of rotatable bonds is 5. The molecule has 0 spiro atoms. The first-order chi connectivity index (χ1) is 11.5. The molecule has 0 saturated heterocycles. The molecule has 6 heteroatoms. The first kappa shape index (κ1) is 16.9. The summed E-state index contributed by atoms with van der Waals surface area (Å²) in [6.07, 6.45) is 0. The third-order valence-corrected chi connectivity index (χ3v) is 4.94. The first-order valence-corrected chi connectivity index (χ1v) is 9.07. The molecule has 2 aromatic carbocycles. The van der Waals surface area contributed by atoms with Crippen LogP contribution >= 0.6 is 27.7 Å². The molecule has 1 atom stereocenters. The van der Waals surface area contributed by atoms with Gasteiger partial charge in [-0.25, -0.2) is 0 Å². The highest BCUT2D eigenvalue weighted by molar-refractivity contribution is 9.10. The van der Waals surface area contributed by atoms with Crippen molar-refractivity contribution >= 4 is 33.5 Å². The minimum absolute atomic E-state index is 0.0302. The van der Waals surface area contributed by atoms with Crippen LogP contribution in [0.5, 0.6) is 0 Å². The number of nitrogens with zero attached hydrogens (tertiary/aromatic N) is 2. The van der Waals surface area contributed by atoms with Crippen LogP contribution < -0.4 is 0 Å². The molecular weight excluding hydrogens is 388 g/mol. The fourth-order valence-corrected chi connectivity index (χ4v) is 3.15. The van der Waals surface area contributed by atoms with Crippen LogP contribution in [-0.2, 0) is 0 Å². The summed E-state index contributed by atoms with van der Waals surface area (Å²) < 4.78 is 6.61. The fraction of sp³-hybridized carbons (Fsp3) is 0.167. The van der Waals surface area contributed by atoms with Gasteiger partial charge in [-0.2, -0.15) is 0 Å². The monoisotopic (exact) mass is 402 g/mol. The van der Waals surface area contributed by atoms with Crippen molar-refractivity contribution in [1.82, 2.24) is 10.2 Å². The average molecular weight is 403 g/mol. The summed E-state index contributed by atoms with van der Waals surface area (Å²) >= 11 is 4.63. The Morgan fingerprint density at radius 3 is 2.42 bits per heavy atom. The van der Waals surface area contributed by atoms with E-state index in [1.165, 1.54) is 17.3 Å². The van der Waals surface area contributed by atoms with Crippen molar-refractivity contribution in [3.63, 3.8) is 0 Å². The summed E-state index contributed by atoms with van der Waals surface area (Å²) in [5.74, 6) is 0.489. The topological polar surface area (TPSA) is 56.0 Å². The SMILES string of the molecule is Cc1ccc(-c2nnc(S[C@H](C)C(=O)c3ccc(Br)cc3)o2)cc1. The fourth-order valence-electron chi connectivity index (χ4n) is 2.12. The maximum absolute atomic E-state index is 12.4. The number of halogens is 1. The largest absolute Gasteiger partial charge is 0.411 e. The van der Waals surface area contributed by atoms with Crippen molar-refractivity contribution in [3.8, 4) is 11.5 Å². The van der Waals surface area contributed by atoms with Crippen molar-refractivity contribution in [1.29, 1.82) is 0 Å². The van der Waals surface area contributed by atoms with Gasteiger partial charge in [0.25, 0.3) is 5.22 Å². The van der Waals surface area contributed by atoms with E-state index in [1.807, 2.05) is 50.2 Å². The van der Waals surface area contributed by atoms with E-state index >= 15 is 0 Å². The van der Waals surface area contributed by atoms with E-state index in [9.17, 15) is 4.79 Å². The number of thioether (sulfide) groups is 1. The zero-order valence-electron chi connectivity index (χ0n) is 13.2. The number of carbonyl (C=O) groups excluding carboxylic acids is 1. The number of carbonyl (C=O) groups is 1.